The lowest BCUT2D eigenvalue weighted by molar-refractivity contribution is 0.188. The van der Waals surface area contributed by atoms with Gasteiger partial charge in [0.25, 0.3) is 0 Å². The SMILES string of the molecule is COCCn1cnc2c(-c3ccc4cc[nH]c4c3)nc(Cl)nc21.COCCn1cnc2c(Cl)nc(Cl)nc21. The molecule has 38 heavy (non-hydrogen) atoms. The first-order valence-corrected chi connectivity index (χ1v) is 12.6. The van der Waals surface area contributed by atoms with Crippen molar-refractivity contribution in [2.45, 2.75) is 13.1 Å². The van der Waals surface area contributed by atoms with Crippen molar-refractivity contribution in [3.63, 3.8) is 0 Å². The van der Waals surface area contributed by atoms with Crippen molar-refractivity contribution in [1.82, 2.24) is 44.0 Å². The molecule has 0 amide bonds. The van der Waals surface area contributed by atoms with E-state index in [0.29, 0.717) is 43.1 Å². The Morgan fingerprint density at radius 2 is 1.42 bits per heavy atom. The first kappa shape index (κ1) is 26.3. The molecule has 6 rings (SSSR count). The van der Waals surface area contributed by atoms with Crippen LogP contribution in [0.5, 0.6) is 0 Å². The highest BCUT2D eigenvalue weighted by molar-refractivity contribution is 6.35. The lowest BCUT2D eigenvalue weighted by atomic mass is 10.1. The van der Waals surface area contributed by atoms with Crippen LogP contribution >= 0.6 is 34.8 Å². The molecule has 0 radical (unpaired) electrons. The summed E-state index contributed by atoms with van der Waals surface area (Å²) < 4.78 is 13.8. The van der Waals surface area contributed by atoms with Crippen molar-refractivity contribution in [3.05, 3.63) is 58.8 Å². The summed E-state index contributed by atoms with van der Waals surface area (Å²) in [5.74, 6) is 0. The highest BCUT2D eigenvalue weighted by Crippen LogP contribution is 2.28. The van der Waals surface area contributed by atoms with E-state index in [4.69, 9.17) is 44.3 Å². The Hall–Kier alpha value is -3.35. The summed E-state index contributed by atoms with van der Waals surface area (Å²) in [5, 5.41) is 1.74. The number of rotatable bonds is 7. The molecule has 11 nitrogen and oxygen atoms in total. The number of halogens is 3. The van der Waals surface area contributed by atoms with Crippen LogP contribution in [0.25, 0.3) is 44.5 Å². The fraction of sp³-hybridized carbons (Fsp3) is 0.250. The highest BCUT2D eigenvalue weighted by Gasteiger charge is 2.15. The summed E-state index contributed by atoms with van der Waals surface area (Å²) in [7, 11) is 3.30. The normalized spacial score (nSPS) is 11.4. The number of hydrogen-bond acceptors (Lipinski definition) is 8. The Balaban J connectivity index is 0.000000170. The molecule has 0 bridgehead atoms. The van der Waals surface area contributed by atoms with Gasteiger partial charge in [-0.15, -0.1) is 0 Å². The Morgan fingerprint density at radius 3 is 2.11 bits per heavy atom. The molecule has 5 aromatic heterocycles. The Morgan fingerprint density at radius 1 is 0.789 bits per heavy atom. The summed E-state index contributed by atoms with van der Waals surface area (Å²) in [6.45, 7) is 2.47. The Labute approximate surface area is 231 Å². The molecule has 1 N–H and O–H groups in total. The number of ether oxygens (including phenoxy) is 2. The third-order valence-corrected chi connectivity index (χ3v) is 6.33. The second-order valence-electron chi connectivity index (χ2n) is 8.11. The maximum atomic E-state index is 6.13. The molecular formula is C24H22Cl3N9O2. The van der Waals surface area contributed by atoms with Crippen LogP contribution in [0.2, 0.25) is 15.7 Å². The van der Waals surface area contributed by atoms with Crippen LogP contribution in [0.15, 0.2) is 43.1 Å². The van der Waals surface area contributed by atoms with Crippen LogP contribution in [0.1, 0.15) is 0 Å². The number of hydrogen-bond donors (Lipinski definition) is 1. The minimum absolute atomic E-state index is 0.117. The van der Waals surface area contributed by atoms with Crippen LogP contribution in [0.4, 0.5) is 0 Å². The van der Waals surface area contributed by atoms with Crippen molar-refractivity contribution in [2.24, 2.45) is 0 Å². The van der Waals surface area contributed by atoms with Gasteiger partial charge in [-0.1, -0.05) is 23.7 Å². The second-order valence-corrected chi connectivity index (χ2v) is 9.14. The predicted octanol–water partition coefficient (Wildman–Crippen LogP) is 5.05. The molecule has 0 saturated heterocycles. The minimum atomic E-state index is 0.117. The van der Waals surface area contributed by atoms with Gasteiger partial charge in [-0.05, 0) is 40.7 Å². The summed E-state index contributed by atoms with van der Waals surface area (Å²) in [4.78, 5) is 28.4. The van der Waals surface area contributed by atoms with E-state index in [1.807, 2.05) is 39.6 Å². The smallest absolute Gasteiger partial charge is 0.225 e. The summed E-state index contributed by atoms with van der Waals surface area (Å²) in [5.41, 5.74) is 5.34. The van der Waals surface area contributed by atoms with Gasteiger partial charge in [0.05, 0.1) is 25.9 Å². The van der Waals surface area contributed by atoms with E-state index >= 15 is 0 Å². The van der Waals surface area contributed by atoms with Gasteiger partial charge < -0.3 is 23.6 Å². The van der Waals surface area contributed by atoms with Crippen molar-refractivity contribution < 1.29 is 9.47 Å². The van der Waals surface area contributed by atoms with E-state index in [2.05, 4.69) is 34.9 Å². The average Bonchev–Trinajstić information content (AvgIpc) is 3.64. The van der Waals surface area contributed by atoms with Crippen LogP contribution in [0.3, 0.4) is 0 Å². The molecule has 196 valence electrons. The monoisotopic (exact) mass is 573 g/mol. The maximum Gasteiger partial charge on any atom is 0.225 e. The van der Waals surface area contributed by atoms with Gasteiger partial charge in [0, 0.05) is 44.6 Å². The van der Waals surface area contributed by atoms with E-state index in [1.165, 1.54) is 0 Å². The molecule has 6 aromatic rings. The lowest BCUT2D eigenvalue weighted by Crippen LogP contribution is -2.04. The number of nitrogens with zero attached hydrogens (tertiary/aromatic N) is 8. The van der Waals surface area contributed by atoms with E-state index in [1.54, 1.807) is 26.9 Å². The van der Waals surface area contributed by atoms with E-state index in [-0.39, 0.29) is 15.7 Å². The summed E-state index contributed by atoms with van der Waals surface area (Å²) in [6.07, 6.45) is 5.29. The maximum absolute atomic E-state index is 6.13. The van der Waals surface area contributed by atoms with E-state index < -0.39 is 0 Å². The van der Waals surface area contributed by atoms with Crippen molar-refractivity contribution in [2.75, 3.05) is 27.4 Å². The first-order valence-electron chi connectivity index (χ1n) is 11.5. The number of aromatic amines is 1. The van der Waals surface area contributed by atoms with Gasteiger partial charge in [0.2, 0.25) is 10.6 Å². The number of methoxy groups -OCH3 is 2. The standard InChI is InChI=1S/C16H14ClN5O.C8H8Cl2N4O/c1-23-7-6-22-9-19-14-13(20-16(17)21-15(14)22)11-3-2-10-4-5-18-12(10)8-11;1-15-3-2-14-4-11-5-6(9)12-8(10)13-7(5)14/h2-5,8-9,18H,6-7H2,1H3;4H,2-3H2,1H3. The van der Waals surface area contributed by atoms with Crippen LogP contribution in [0, 0.1) is 0 Å². The number of imidazole rings is 2. The number of nitrogens with one attached hydrogen (secondary N) is 1. The molecule has 0 spiro atoms. The molecule has 14 heteroatoms. The highest BCUT2D eigenvalue weighted by atomic mass is 35.5. The molecule has 0 aliphatic rings. The second kappa shape index (κ2) is 11.6. The zero-order chi connectivity index (χ0) is 26.6. The fourth-order valence-electron chi connectivity index (χ4n) is 3.91. The molecule has 0 aliphatic heterocycles. The molecule has 0 unspecified atom stereocenters. The number of H-pyrrole nitrogens is 1. The molecule has 0 saturated carbocycles. The molecule has 0 fully saturated rings. The molecule has 0 atom stereocenters. The number of aromatic nitrogens is 9. The Bertz CT molecular complexity index is 1710. The zero-order valence-corrected chi connectivity index (χ0v) is 22.7. The van der Waals surface area contributed by atoms with Crippen LogP contribution in [-0.4, -0.2) is 71.5 Å². The fourth-order valence-corrected chi connectivity index (χ4v) is 4.49. The average molecular weight is 575 g/mol. The van der Waals surface area contributed by atoms with Gasteiger partial charge in [-0.2, -0.15) is 9.97 Å². The third kappa shape index (κ3) is 5.42. The molecule has 1 aromatic carbocycles. The third-order valence-electron chi connectivity index (χ3n) is 5.73. The van der Waals surface area contributed by atoms with Gasteiger partial charge in [0.15, 0.2) is 16.4 Å². The number of fused-ring (bicyclic) bond motifs is 3. The van der Waals surface area contributed by atoms with Crippen LogP contribution < -0.4 is 0 Å². The first-order chi connectivity index (χ1) is 18.5. The number of benzene rings is 1. The Kier molecular flexibility index (Phi) is 8.01. The van der Waals surface area contributed by atoms with Gasteiger partial charge >= 0.3 is 0 Å². The summed E-state index contributed by atoms with van der Waals surface area (Å²) >= 11 is 17.7. The predicted molar refractivity (Wildman–Crippen MR) is 147 cm³/mol. The van der Waals surface area contributed by atoms with Gasteiger partial charge in [-0.3, -0.25) is 0 Å². The minimum Gasteiger partial charge on any atom is -0.383 e. The zero-order valence-electron chi connectivity index (χ0n) is 20.4. The van der Waals surface area contributed by atoms with Gasteiger partial charge in [0.1, 0.15) is 16.7 Å². The molecule has 0 aliphatic carbocycles. The van der Waals surface area contributed by atoms with Crippen molar-refractivity contribution in [1.29, 1.82) is 0 Å². The van der Waals surface area contributed by atoms with Crippen molar-refractivity contribution >= 4 is 68.0 Å². The quantitative estimate of drug-likeness (QED) is 0.208. The van der Waals surface area contributed by atoms with Crippen molar-refractivity contribution in [3.8, 4) is 11.3 Å². The molecule has 5 heterocycles. The van der Waals surface area contributed by atoms with Crippen LogP contribution in [-0.2, 0) is 22.6 Å². The largest absolute Gasteiger partial charge is 0.383 e. The topological polar surface area (TPSA) is 121 Å². The lowest BCUT2D eigenvalue weighted by Gasteiger charge is -2.05. The summed E-state index contributed by atoms with van der Waals surface area (Å²) in [6, 6.07) is 8.14. The van der Waals surface area contributed by atoms with E-state index in [0.717, 1.165) is 27.7 Å². The van der Waals surface area contributed by atoms with E-state index in [9.17, 15) is 0 Å². The van der Waals surface area contributed by atoms with Gasteiger partial charge in [-0.25, -0.2) is 19.9 Å². The molecular weight excluding hydrogens is 553 g/mol.